The van der Waals surface area contributed by atoms with Gasteiger partial charge in [-0.1, -0.05) is 13.0 Å². The van der Waals surface area contributed by atoms with Crippen LogP contribution in [-0.2, 0) is 9.59 Å². The Labute approximate surface area is 196 Å². The van der Waals surface area contributed by atoms with E-state index in [1.165, 1.54) is 16.7 Å². The summed E-state index contributed by atoms with van der Waals surface area (Å²) in [6, 6.07) is 6.59. The Morgan fingerprint density at radius 1 is 1.27 bits per heavy atom. The summed E-state index contributed by atoms with van der Waals surface area (Å²) in [5.74, 6) is -3.09. The first-order chi connectivity index (χ1) is 15.6. The number of amides is 1. The molecule has 1 aromatic carbocycles. The minimum absolute atomic E-state index is 0.0640. The van der Waals surface area contributed by atoms with Gasteiger partial charge < -0.3 is 30.4 Å². The van der Waals surface area contributed by atoms with Crippen LogP contribution in [0.3, 0.4) is 0 Å². The number of aliphatic hydroxyl groups is 1. The number of carboxylic acid groups (broad SMARTS) is 2. The zero-order valence-electron chi connectivity index (χ0n) is 18.8. The molecule has 0 saturated carbocycles. The molecule has 0 aromatic heterocycles. The van der Waals surface area contributed by atoms with Crippen LogP contribution in [0.4, 0.5) is 5.69 Å². The molecule has 10 heteroatoms. The molecule has 9 nitrogen and oxygen atoms in total. The quantitative estimate of drug-likeness (QED) is 0.415. The molecule has 178 valence electrons. The van der Waals surface area contributed by atoms with Gasteiger partial charge in [-0.25, -0.2) is 9.59 Å². The maximum absolute atomic E-state index is 12.5. The molecule has 33 heavy (non-hydrogen) atoms. The number of aliphatic hydroxyl groups excluding tert-OH is 1. The lowest BCUT2D eigenvalue weighted by molar-refractivity contribution is -0.163. The van der Waals surface area contributed by atoms with Crippen LogP contribution >= 0.6 is 11.8 Å². The summed E-state index contributed by atoms with van der Waals surface area (Å²) in [5, 5.41) is 32.5. The maximum atomic E-state index is 12.5. The molecule has 2 saturated heterocycles. The number of benzene rings is 1. The van der Waals surface area contributed by atoms with E-state index in [0.717, 1.165) is 18.7 Å². The van der Waals surface area contributed by atoms with Crippen LogP contribution in [0.15, 0.2) is 34.9 Å². The first-order valence-electron chi connectivity index (χ1n) is 11.0. The Kier molecular flexibility index (Phi) is 6.43. The van der Waals surface area contributed by atoms with E-state index in [1.807, 2.05) is 20.0 Å². The van der Waals surface area contributed by atoms with E-state index >= 15 is 0 Å². The SMILES string of the molecule is CC(O)C1C(=O)N2C(C(=O)O)=C(SC3CC(CNc4cccc(C(=O)O)c4)N(C)C3)C(C)C12. The fourth-order valence-corrected chi connectivity index (χ4v) is 6.85. The minimum atomic E-state index is -1.10. The number of hydrogen-bond acceptors (Lipinski definition) is 7. The van der Waals surface area contributed by atoms with Crippen molar-refractivity contribution in [3.63, 3.8) is 0 Å². The summed E-state index contributed by atoms with van der Waals surface area (Å²) in [5.41, 5.74) is 1.03. The second kappa shape index (κ2) is 9.00. The largest absolute Gasteiger partial charge is 0.478 e. The van der Waals surface area contributed by atoms with Gasteiger partial charge in [0.15, 0.2) is 0 Å². The molecule has 0 spiro atoms. The van der Waals surface area contributed by atoms with Crippen molar-refractivity contribution in [2.75, 3.05) is 25.5 Å². The van der Waals surface area contributed by atoms with Gasteiger partial charge >= 0.3 is 11.9 Å². The van der Waals surface area contributed by atoms with E-state index in [1.54, 1.807) is 25.1 Å². The van der Waals surface area contributed by atoms with E-state index in [4.69, 9.17) is 5.11 Å². The van der Waals surface area contributed by atoms with Crippen LogP contribution in [0.25, 0.3) is 0 Å². The molecule has 0 bridgehead atoms. The normalized spacial score (nSPS) is 30.2. The third kappa shape index (κ3) is 4.22. The number of aromatic carboxylic acids is 1. The van der Waals surface area contributed by atoms with Crippen molar-refractivity contribution in [1.82, 2.24) is 9.80 Å². The lowest BCUT2D eigenvalue weighted by atomic mass is 9.79. The van der Waals surface area contributed by atoms with Crippen LogP contribution in [0.2, 0.25) is 0 Å². The van der Waals surface area contributed by atoms with Crippen LogP contribution in [0.5, 0.6) is 0 Å². The molecular formula is C23H29N3O6S. The van der Waals surface area contributed by atoms with Gasteiger partial charge in [0.25, 0.3) is 0 Å². The number of fused-ring (bicyclic) bond motifs is 1. The summed E-state index contributed by atoms with van der Waals surface area (Å²) < 4.78 is 0. The molecule has 3 aliphatic rings. The Hall–Kier alpha value is -2.56. The van der Waals surface area contributed by atoms with Crippen molar-refractivity contribution in [2.45, 2.75) is 43.7 Å². The van der Waals surface area contributed by atoms with Crippen molar-refractivity contribution in [3.8, 4) is 0 Å². The third-order valence-electron chi connectivity index (χ3n) is 6.91. The molecule has 6 unspecified atom stereocenters. The number of likely N-dealkylation sites (tertiary alicyclic amines) is 1. The molecular weight excluding hydrogens is 446 g/mol. The lowest BCUT2D eigenvalue weighted by Crippen LogP contribution is -2.63. The van der Waals surface area contributed by atoms with Crippen LogP contribution in [0, 0.1) is 11.8 Å². The summed E-state index contributed by atoms with van der Waals surface area (Å²) >= 11 is 1.53. The smallest absolute Gasteiger partial charge is 0.353 e. The molecule has 3 heterocycles. The molecule has 0 aliphatic carbocycles. The van der Waals surface area contributed by atoms with Crippen LogP contribution in [-0.4, -0.2) is 86.5 Å². The van der Waals surface area contributed by atoms with Gasteiger partial charge in [-0.15, -0.1) is 11.8 Å². The molecule has 0 radical (unpaired) electrons. The van der Waals surface area contributed by atoms with Crippen molar-refractivity contribution < 1.29 is 29.7 Å². The van der Waals surface area contributed by atoms with Crippen molar-refractivity contribution in [2.24, 2.45) is 11.8 Å². The molecule has 3 aliphatic heterocycles. The highest BCUT2D eigenvalue weighted by molar-refractivity contribution is 8.03. The van der Waals surface area contributed by atoms with Gasteiger partial charge in [-0.05, 0) is 38.6 Å². The Morgan fingerprint density at radius 3 is 2.64 bits per heavy atom. The van der Waals surface area contributed by atoms with Crippen molar-refractivity contribution in [3.05, 3.63) is 40.4 Å². The van der Waals surface area contributed by atoms with Gasteiger partial charge in [-0.2, -0.15) is 0 Å². The van der Waals surface area contributed by atoms with Gasteiger partial charge in [0.1, 0.15) is 5.70 Å². The zero-order chi connectivity index (χ0) is 24.0. The van der Waals surface area contributed by atoms with Crippen molar-refractivity contribution >= 4 is 35.3 Å². The Morgan fingerprint density at radius 2 is 2.00 bits per heavy atom. The standard InChI is InChI=1S/C23H29N3O6S/c1-11-18-17(12(2)27)21(28)26(18)19(23(31)32)20(11)33-16-8-15(25(3)10-16)9-24-14-6-4-5-13(7-14)22(29)30/h4-7,11-12,15-18,24,27H,8-10H2,1-3H3,(H,29,30)(H,31,32). The number of thioether (sulfide) groups is 1. The Balaban J connectivity index is 1.43. The van der Waals surface area contributed by atoms with Gasteiger partial charge in [0, 0.05) is 40.9 Å². The highest BCUT2D eigenvalue weighted by Gasteiger charge is 2.60. The fraction of sp³-hybridized carbons (Fsp3) is 0.522. The number of anilines is 1. The third-order valence-corrected chi connectivity index (χ3v) is 8.40. The summed E-state index contributed by atoms with van der Waals surface area (Å²) in [6.45, 7) is 4.92. The second-order valence-corrected chi connectivity index (χ2v) is 10.4. The number of carboxylic acids is 2. The number of aliphatic carboxylic acids is 1. The van der Waals surface area contributed by atoms with Crippen LogP contribution in [0.1, 0.15) is 30.6 Å². The molecule has 2 fully saturated rings. The lowest BCUT2D eigenvalue weighted by Gasteiger charge is -2.46. The molecule has 1 amide bonds. The van der Waals surface area contributed by atoms with Gasteiger partial charge in [0.05, 0.1) is 23.6 Å². The van der Waals surface area contributed by atoms with E-state index in [2.05, 4.69) is 10.2 Å². The van der Waals surface area contributed by atoms with E-state index in [9.17, 15) is 24.6 Å². The average molecular weight is 476 g/mol. The summed E-state index contributed by atoms with van der Waals surface area (Å²) in [6.07, 6.45) is 0.0160. The highest BCUT2D eigenvalue weighted by Crippen LogP contribution is 2.52. The molecule has 6 atom stereocenters. The molecule has 1 aromatic rings. The van der Waals surface area contributed by atoms with Gasteiger partial charge in [-0.3, -0.25) is 4.79 Å². The number of nitrogens with zero attached hydrogens (tertiary/aromatic N) is 2. The van der Waals surface area contributed by atoms with Crippen molar-refractivity contribution in [1.29, 1.82) is 0 Å². The molecule has 4 N–H and O–H groups in total. The monoisotopic (exact) mass is 475 g/mol. The average Bonchev–Trinajstić information content (AvgIpc) is 3.21. The van der Waals surface area contributed by atoms with Crippen LogP contribution < -0.4 is 5.32 Å². The predicted octanol–water partition coefficient (Wildman–Crippen LogP) is 1.76. The molecule has 4 rings (SSSR count). The predicted molar refractivity (Wildman–Crippen MR) is 124 cm³/mol. The fourth-order valence-electron chi connectivity index (χ4n) is 5.21. The van der Waals surface area contributed by atoms with E-state index < -0.39 is 24.0 Å². The number of carbonyl (C=O) groups excluding carboxylic acids is 1. The number of likely N-dealkylation sites (N-methyl/N-ethyl adjacent to an activating group) is 1. The van der Waals surface area contributed by atoms with Gasteiger partial charge in [0.2, 0.25) is 5.91 Å². The summed E-state index contributed by atoms with van der Waals surface area (Å²) in [7, 11) is 2.02. The zero-order valence-corrected chi connectivity index (χ0v) is 19.6. The maximum Gasteiger partial charge on any atom is 0.353 e. The number of rotatable bonds is 8. The van der Waals surface area contributed by atoms with E-state index in [-0.39, 0.29) is 40.4 Å². The van der Waals surface area contributed by atoms with E-state index in [0.29, 0.717) is 11.4 Å². The minimum Gasteiger partial charge on any atom is -0.478 e. The number of β-lactam (4-membered cyclic amide) rings is 1. The Bertz CT molecular complexity index is 1010. The topological polar surface area (TPSA) is 130 Å². The number of nitrogens with one attached hydrogen (secondary N) is 1. The number of carbonyl (C=O) groups is 3. The first kappa shape index (κ1) is 23.6. The number of hydrogen-bond donors (Lipinski definition) is 4. The summed E-state index contributed by atoms with van der Waals surface area (Å²) in [4.78, 5) is 40.0. The highest BCUT2D eigenvalue weighted by atomic mass is 32.2. The second-order valence-electron chi connectivity index (χ2n) is 9.11. The first-order valence-corrected chi connectivity index (χ1v) is 11.9.